The van der Waals surface area contributed by atoms with Crippen LogP contribution in [0.4, 0.5) is 4.39 Å². The van der Waals surface area contributed by atoms with Crippen molar-refractivity contribution in [3.63, 3.8) is 0 Å². The minimum atomic E-state index is -0.810. The van der Waals surface area contributed by atoms with E-state index in [1.165, 1.54) is 6.07 Å². The van der Waals surface area contributed by atoms with Crippen molar-refractivity contribution in [3.05, 3.63) is 35.6 Å². The molecule has 0 unspecified atom stereocenters. The van der Waals surface area contributed by atoms with Gasteiger partial charge in [-0.1, -0.05) is 18.2 Å². The molecule has 1 spiro atoms. The van der Waals surface area contributed by atoms with E-state index in [0.29, 0.717) is 57.7 Å². The van der Waals surface area contributed by atoms with Crippen molar-refractivity contribution in [1.82, 2.24) is 10.2 Å². The van der Waals surface area contributed by atoms with Gasteiger partial charge in [-0.3, -0.25) is 14.5 Å². The number of nitrogens with one attached hydrogen (secondary N) is 1. The predicted molar refractivity (Wildman–Crippen MR) is 112 cm³/mol. The number of piperidine rings is 1. The average molecular weight is 441 g/mol. The molecule has 1 aromatic rings. The minimum Gasteiger partial charge on any atom is -0.483 e. The maximum atomic E-state index is 13.9. The van der Waals surface area contributed by atoms with E-state index in [1.807, 2.05) is 19.9 Å². The first kappa shape index (κ1) is 25.2. The van der Waals surface area contributed by atoms with E-state index >= 15 is 0 Å². The lowest BCUT2D eigenvalue weighted by Gasteiger charge is -2.53. The van der Waals surface area contributed by atoms with Gasteiger partial charge in [0, 0.05) is 38.4 Å². The Hall–Kier alpha value is -2.07. The van der Waals surface area contributed by atoms with Crippen LogP contribution in [0.1, 0.15) is 38.7 Å². The number of carbonyl (C=O) groups excluding carboxylic acids is 1. The monoisotopic (exact) mass is 440 g/mol. The molecular weight excluding hydrogens is 407 g/mol. The van der Waals surface area contributed by atoms with Gasteiger partial charge in [-0.25, -0.2) is 4.39 Å². The molecule has 0 saturated carbocycles. The first-order valence-corrected chi connectivity index (χ1v) is 10.5. The summed E-state index contributed by atoms with van der Waals surface area (Å²) in [5, 5.41) is 21.0. The number of amides is 1. The molecule has 0 radical (unpaired) electrons. The van der Waals surface area contributed by atoms with Crippen LogP contribution in [0.5, 0.6) is 0 Å². The maximum absolute atomic E-state index is 13.9. The topological polar surface area (TPSA) is 108 Å². The van der Waals surface area contributed by atoms with E-state index in [9.17, 15) is 14.3 Å². The molecule has 1 amide bonds. The second kappa shape index (κ2) is 11.5. The molecule has 174 valence electrons. The van der Waals surface area contributed by atoms with Gasteiger partial charge in [0.1, 0.15) is 18.5 Å². The highest BCUT2D eigenvalue weighted by molar-refractivity contribution is 5.78. The van der Waals surface area contributed by atoms with Gasteiger partial charge >= 0.3 is 0 Å². The fraction of sp³-hybridized carbons (Fsp3) is 0.636. The summed E-state index contributed by atoms with van der Waals surface area (Å²) >= 11 is 0. The summed E-state index contributed by atoms with van der Waals surface area (Å²) in [4.78, 5) is 22.7. The van der Waals surface area contributed by atoms with Crippen LogP contribution in [0, 0.1) is 5.82 Å². The Bertz CT molecular complexity index is 726. The van der Waals surface area contributed by atoms with E-state index in [-0.39, 0.29) is 24.8 Å². The summed E-state index contributed by atoms with van der Waals surface area (Å²) in [5.41, 5.74) is -0.755. The van der Waals surface area contributed by atoms with Crippen molar-refractivity contribution in [1.29, 1.82) is 0 Å². The average Bonchev–Trinajstić information content (AvgIpc) is 2.74. The second-order valence-electron chi connectivity index (χ2n) is 8.14. The van der Waals surface area contributed by atoms with Crippen molar-refractivity contribution in [2.45, 2.75) is 56.9 Å². The molecule has 31 heavy (non-hydrogen) atoms. The SMILES string of the molecule is CCOCC(=O)N[C@@]1(C)CCOC2(CCN(Cc3ccccc3F)CC2)[C@@H]1O.O=CO. The van der Waals surface area contributed by atoms with Gasteiger partial charge in [0.25, 0.3) is 6.47 Å². The molecule has 2 aliphatic rings. The smallest absolute Gasteiger partial charge is 0.290 e. The molecule has 2 fully saturated rings. The number of hydrogen-bond acceptors (Lipinski definition) is 6. The van der Waals surface area contributed by atoms with Crippen molar-refractivity contribution in [3.8, 4) is 0 Å². The van der Waals surface area contributed by atoms with E-state index in [2.05, 4.69) is 10.2 Å². The number of aliphatic hydroxyl groups excluding tert-OH is 1. The number of halogens is 1. The fourth-order valence-corrected chi connectivity index (χ4v) is 4.32. The molecule has 0 bridgehead atoms. The zero-order valence-electron chi connectivity index (χ0n) is 18.2. The van der Waals surface area contributed by atoms with Gasteiger partial charge in [-0.05, 0) is 39.2 Å². The van der Waals surface area contributed by atoms with E-state index in [4.69, 9.17) is 19.4 Å². The van der Waals surface area contributed by atoms with Gasteiger partial charge in [0.15, 0.2) is 0 Å². The summed E-state index contributed by atoms with van der Waals surface area (Å²) in [5.74, 6) is -0.418. The van der Waals surface area contributed by atoms with Crippen LogP contribution >= 0.6 is 0 Å². The summed E-state index contributed by atoms with van der Waals surface area (Å²) in [6.45, 7) is 6.35. The van der Waals surface area contributed by atoms with Crippen LogP contribution in [0.2, 0.25) is 0 Å². The predicted octanol–water partition coefficient (Wildman–Crippen LogP) is 1.55. The number of aliphatic hydroxyl groups is 1. The number of hydrogen-bond donors (Lipinski definition) is 3. The standard InChI is InChI=1S/C21H31FN2O4.CH2O2/c1-3-27-15-18(25)23-20(2)10-13-28-21(19(20)26)8-11-24(12-9-21)14-16-6-4-5-7-17(16)22;2-1-3/h4-7,19,26H,3,8-15H2,1-2H3,(H,23,25);1H,(H,2,3)/t19-,20+;/m1./s1. The lowest BCUT2D eigenvalue weighted by molar-refractivity contribution is -0.208. The molecule has 2 aliphatic heterocycles. The van der Waals surface area contributed by atoms with Crippen molar-refractivity contribution in [2.75, 3.05) is 32.9 Å². The lowest BCUT2D eigenvalue weighted by Crippen LogP contribution is -2.69. The number of carbonyl (C=O) groups is 2. The Labute approximate surface area is 182 Å². The lowest BCUT2D eigenvalue weighted by atomic mass is 9.73. The number of likely N-dealkylation sites (tertiary alicyclic amines) is 1. The Kier molecular flexibility index (Phi) is 9.36. The summed E-state index contributed by atoms with van der Waals surface area (Å²) < 4.78 is 25.2. The Morgan fingerprint density at radius 3 is 2.61 bits per heavy atom. The van der Waals surface area contributed by atoms with Gasteiger partial charge in [-0.15, -0.1) is 0 Å². The van der Waals surface area contributed by atoms with E-state index in [0.717, 1.165) is 0 Å². The molecule has 2 atom stereocenters. The first-order chi connectivity index (χ1) is 14.8. The van der Waals surface area contributed by atoms with Crippen LogP contribution < -0.4 is 5.32 Å². The van der Waals surface area contributed by atoms with Crippen molar-refractivity contribution in [2.24, 2.45) is 0 Å². The van der Waals surface area contributed by atoms with E-state index in [1.54, 1.807) is 12.1 Å². The molecule has 1 aromatic carbocycles. The zero-order valence-corrected chi connectivity index (χ0v) is 18.2. The summed E-state index contributed by atoms with van der Waals surface area (Å²) in [6, 6.07) is 6.81. The number of ether oxygens (including phenoxy) is 2. The van der Waals surface area contributed by atoms with Gasteiger partial charge in [-0.2, -0.15) is 0 Å². The van der Waals surface area contributed by atoms with Crippen LogP contribution in [-0.4, -0.2) is 77.6 Å². The molecule has 3 N–H and O–H groups in total. The van der Waals surface area contributed by atoms with Gasteiger partial charge < -0.3 is 25.0 Å². The van der Waals surface area contributed by atoms with Crippen LogP contribution in [0.15, 0.2) is 24.3 Å². The van der Waals surface area contributed by atoms with E-state index < -0.39 is 17.2 Å². The highest BCUT2D eigenvalue weighted by Gasteiger charge is 2.53. The van der Waals surface area contributed by atoms with Crippen molar-refractivity contribution >= 4 is 12.4 Å². The Balaban J connectivity index is 0.00000107. The molecule has 8 nitrogen and oxygen atoms in total. The zero-order chi connectivity index (χ0) is 22.9. The summed E-state index contributed by atoms with van der Waals surface area (Å²) in [6.07, 6.45) is 1.01. The fourth-order valence-electron chi connectivity index (χ4n) is 4.32. The third kappa shape index (κ3) is 6.46. The quantitative estimate of drug-likeness (QED) is 0.576. The highest BCUT2D eigenvalue weighted by atomic mass is 19.1. The van der Waals surface area contributed by atoms with Crippen LogP contribution in [0.25, 0.3) is 0 Å². The van der Waals surface area contributed by atoms with Gasteiger partial charge in [0.2, 0.25) is 5.91 Å². The van der Waals surface area contributed by atoms with Crippen LogP contribution in [0.3, 0.4) is 0 Å². The molecule has 0 aromatic heterocycles. The number of nitrogens with zero attached hydrogens (tertiary/aromatic N) is 1. The summed E-state index contributed by atoms with van der Waals surface area (Å²) in [7, 11) is 0. The van der Waals surface area contributed by atoms with Crippen molar-refractivity contribution < 1.29 is 33.7 Å². The first-order valence-electron chi connectivity index (χ1n) is 10.5. The number of rotatable bonds is 6. The number of carboxylic acid groups (broad SMARTS) is 1. The highest BCUT2D eigenvalue weighted by Crippen LogP contribution is 2.40. The molecule has 9 heteroatoms. The third-order valence-corrected chi connectivity index (χ3v) is 6.03. The van der Waals surface area contributed by atoms with Gasteiger partial charge in [0.05, 0.1) is 11.1 Å². The third-order valence-electron chi connectivity index (χ3n) is 6.03. The Morgan fingerprint density at radius 1 is 1.35 bits per heavy atom. The Morgan fingerprint density at radius 2 is 2.00 bits per heavy atom. The maximum Gasteiger partial charge on any atom is 0.290 e. The molecule has 2 saturated heterocycles. The normalized spacial score (nSPS) is 25.4. The largest absolute Gasteiger partial charge is 0.483 e. The second-order valence-corrected chi connectivity index (χ2v) is 8.14. The molecule has 2 heterocycles. The minimum absolute atomic E-state index is 0.0108. The molecule has 3 rings (SSSR count). The number of benzene rings is 1. The van der Waals surface area contributed by atoms with Crippen LogP contribution in [-0.2, 0) is 25.6 Å². The molecule has 0 aliphatic carbocycles. The molecular formula is C22H33FN2O6.